The van der Waals surface area contributed by atoms with Crippen molar-refractivity contribution in [3.8, 4) is 0 Å². The third-order valence-corrected chi connectivity index (χ3v) is 6.80. The molecule has 2 heterocycles. The van der Waals surface area contributed by atoms with Gasteiger partial charge in [-0.15, -0.1) is 0 Å². The van der Waals surface area contributed by atoms with Gasteiger partial charge in [0.25, 0.3) is 0 Å². The van der Waals surface area contributed by atoms with Gasteiger partial charge in [0, 0.05) is 58.1 Å². The van der Waals surface area contributed by atoms with Crippen LogP contribution in [0.5, 0.6) is 0 Å². The monoisotopic (exact) mass is 507 g/mol. The molecule has 35 heavy (non-hydrogen) atoms. The van der Waals surface area contributed by atoms with Crippen molar-refractivity contribution >= 4 is 46.5 Å². The van der Waals surface area contributed by atoms with E-state index in [1.54, 1.807) is 6.20 Å². The van der Waals surface area contributed by atoms with Gasteiger partial charge < -0.3 is 9.88 Å². The van der Waals surface area contributed by atoms with Crippen LogP contribution in [0.15, 0.2) is 6.20 Å². The molecule has 0 spiro atoms. The van der Waals surface area contributed by atoms with Gasteiger partial charge in [0.05, 0.1) is 6.20 Å². The third kappa shape index (κ3) is 8.19. The van der Waals surface area contributed by atoms with E-state index >= 15 is 0 Å². The molecule has 194 valence electrons. The minimum atomic E-state index is -0.822. The summed E-state index contributed by atoms with van der Waals surface area (Å²) >= 11 is 0.742. The molecule has 1 N–H and O–H groups in total. The summed E-state index contributed by atoms with van der Waals surface area (Å²) in [4.78, 5) is 67.3. The van der Waals surface area contributed by atoms with Gasteiger partial charge in [0.2, 0.25) is 28.7 Å². The second-order valence-electron chi connectivity index (χ2n) is 8.71. The maximum atomic E-state index is 13.2. The molecule has 1 aliphatic heterocycles. The van der Waals surface area contributed by atoms with Gasteiger partial charge >= 0.3 is 0 Å². The first-order valence-electron chi connectivity index (χ1n) is 12.3. The number of likely N-dealkylation sites (tertiary alicyclic amines) is 1. The Kier molecular flexibility index (Phi) is 11.4. The van der Waals surface area contributed by atoms with Crippen molar-refractivity contribution in [2.24, 2.45) is 7.05 Å². The summed E-state index contributed by atoms with van der Waals surface area (Å²) in [6.07, 6.45) is 7.01. The van der Waals surface area contributed by atoms with Gasteiger partial charge in [-0.2, -0.15) is 0 Å². The van der Waals surface area contributed by atoms with Crippen molar-refractivity contribution in [3.63, 3.8) is 0 Å². The Morgan fingerprint density at radius 1 is 1.11 bits per heavy atom. The first kappa shape index (κ1) is 28.5. The van der Waals surface area contributed by atoms with Crippen LogP contribution in [0.2, 0.25) is 0 Å². The highest BCUT2D eigenvalue weighted by molar-refractivity contribution is 8.12. The Hall–Kier alpha value is -2.69. The molecule has 1 aliphatic rings. The zero-order valence-corrected chi connectivity index (χ0v) is 22.0. The number of hydrogen-bond acceptors (Lipinski definition) is 7. The molecule has 0 radical (unpaired) electrons. The van der Waals surface area contributed by atoms with Crippen LogP contribution in [-0.4, -0.2) is 60.1 Å². The Morgan fingerprint density at radius 3 is 2.40 bits per heavy atom. The molecule has 0 bridgehead atoms. The number of nitrogens with one attached hydrogen (secondary N) is 1. The normalized spacial score (nSPS) is 14.3. The van der Waals surface area contributed by atoms with E-state index in [2.05, 4.69) is 17.2 Å². The molecule has 1 aromatic rings. The highest BCUT2D eigenvalue weighted by Gasteiger charge is 2.32. The molecule has 1 fully saturated rings. The SMILES string of the molecule is CCCCc1ncc(NC(=O)[C@H](CCC)N(SC(C)=O)C(=O)CCCCN2C(=O)CCC2=O)n1C. The third-order valence-electron chi connectivity index (χ3n) is 5.89. The predicted molar refractivity (Wildman–Crippen MR) is 134 cm³/mol. The van der Waals surface area contributed by atoms with E-state index in [9.17, 15) is 24.0 Å². The molecule has 0 aromatic carbocycles. The van der Waals surface area contributed by atoms with Crippen LogP contribution in [0, 0.1) is 0 Å². The summed E-state index contributed by atoms with van der Waals surface area (Å²) in [5, 5.41) is 2.59. The van der Waals surface area contributed by atoms with Crippen molar-refractivity contribution in [1.29, 1.82) is 0 Å². The summed E-state index contributed by atoms with van der Waals surface area (Å²) in [5.41, 5.74) is 0. The lowest BCUT2D eigenvalue weighted by atomic mass is 10.1. The highest BCUT2D eigenvalue weighted by atomic mass is 32.2. The molecule has 1 saturated heterocycles. The summed E-state index contributed by atoms with van der Waals surface area (Å²) in [5.74, 6) is 0.363. The fourth-order valence-corrected chi connectivity index (χ4v) is 4.72. The molecule has 11 heteroatoms. The number of hydrogen-bond donors (Lipinski definition) is 1. The maximum Gasteiger partial charge on any atom is 0.249 e. The van der Waals surface area contributed by atoms with Gasteiger partial charge in [-0.25, -0.2) is 4.98 Å². The van der Waals surface area contributed by atoms with E-state index in [4.69, 9.17) is 0 Å². The van der Waals surface area contributed by atoms with Crippen LogP contribution in [0.25, 0.3) is 0 Å². The van der Waals surface area contributed by atoms with Crippen molar-refractivity contribution in [1.82, 2.24) is 18.8 Å². The molecule has 10 nitrogen and oxygen atoms in total. The number of aromatic nitrogens is 2. The van der Waals surface area contributed by atoms with Crippen molar-refractivity contribution < 1.29 is 24.0 Å². The maximum absolute atomic E-state index is 13.2. The van der Waals surface area contributed by atoms with Crippen LogP contribution in [0.3, 0.4) is 0 Å². The molecule has 0 unspecified atom stereocenters. The first-order chi connectivity index (χ1) is 16.7. The van der Waals surface area contributed by atoms with Gasteiger partial charge in [-0.3, -0.25) is 33.2 Å². The van der Waals surface area contributed by atoms with Crippen LogP contribution in [-0.2, 0) is 37.4 Å². The van der Waals surface area contributed by atoms with Gasteiger partial charge in [-0.1, -0.05) is 26.7 Å². The van der Waals surface area contributed by atoms with Crippen molar-refractivity contribution in [2.45, 2.75) is 91.0 Å². The molecular weight excluding hydrogens is 470 g/mol. The quantitative estimate of drug-likeness (QED) is 0.247. The number of carbonyl (C=O) groups excluding carboxylic acids is 5. The molecule has 4 amide bonds. The molecular formula is C24H37N5O5S. The van der Waals surface area contributed by atoms with Crippen LogP contribution >= 0.6 is 11.9 Å². The second kappa shape index (κ2) is 14.0. The fraction of sp³-hybridized carbons (Fsp3) is 0.667. The zero-order valence-electron chi connectivity index (χ0n) is 21.2. The zero-order chi connectivity index (χ0) is 26.0. The number of carbonyl (C=O) groups is 5. The van der Waals surface area contributed by atoms with Gasteiger partial charge in [-0.05, 0) is 25.7 Å². The van der Waals surface area contributed by atoms with E-state index in [0.717, 1.165) is 37.0 Å². The number of nitrogens with zero attached hydrogens (tertiary/aromatic N) is 4. The van der Waals surface area contributed by atoms with Crippen LogP contribution < -0.4 is 5.32 Å². The average Bonchev–Trinajstić information content (AvgIpc) is 3.32. The fourth-order valence-electron chi connectivity index (χ4n) is 3.92. The summed E-state index contributed by atoms with van der Waals surface area (Å²) in [7, 11) is 1.84. The standard InChI is InChI=1S/C24H37N5O5S/c1-5-7-11-19-25-16-20(27(19)4)26-24(34)18(10-6-2)29(35-17(3)30)23(33)12-8-9-15-28-21(31)13-14-22(28)32/h16,18H,5-15H2,1-4H3,(H,26,34)/t18-/m0/s1. The molecule has 2 rings (SSSR count). The predicted octanol–water partition coefficient (Wildman–Crippen LogP) is 3.21. The number of imidazole rings is 1. The summed E-state index contributed by atoms with van der Waals surface area (Å²) in [6, 6.07) is -0.822. The number of amides is 4. The Morgan fingerprint density at radius 2 is 1.80 bits per heavy atom. The minimum absolute atomic E-state index is 0.108. The lowest BCUT2D eigenvalue weighted by molar-refractivity contribution is -0.138. The largest absolute Gasteiger partial charge is 0.318 e. The van der Waals surface area contributed by atoms with Crippen molar-refractivity contribution in [3.05, 3.63) is 12.0 Å². The Balaban J connectivity index is 2.04. The highest BCUT2D eigenvalue weighted by Crippen LogP contribution is 2.23. The average molecular weight is 508 g/mol. The number of rotatable bonds is 13. The Bertz CT molecular complexity index is 915. The second-order valence-corrected chi connectivity index (χ2v) is 9.87. The van der Waals surface area contributed by atoms with Crippen LogP contribution in [0.4, 0.5) is 5.82 Å². The number of aryl methyl sites for hydroxylation is 1. The summed E-state index contributed by atoms with van der Waals surface area (Å²) in [6.45, 7) is 5.66. The lowest BCUT2D eigenvalue weighted by Crippen LogP contribution is -2.44. The molecule has 0 saturated carbocycles. The van der Waals surface area contributed by atoms with E-state index in [1.165, 1.54) is 16.1 Å². The van der Waals surface area contributed by atoms with E-state index in [1.807, 2.05) is 18.5 Å². The lowest BCUT2D eigenvalue weighted by Gasteiger charge is -2.28. The molecule has 1 atom stereocenters. The van der Waals surface area contributed by atoms with Crippen LogP contribution in [0.1, 0.15) is 84.4 Å². The molecule has 0 aliphatic carbocycles. The van der Waals surface area contributed by atoms with E-state index < -0.39 is 6.04 Å². The number of unbranched alkanes of at least 4 members (excludes halogenated alkanes) is 2. The van der Waals surface area contributed by atoms with Gasteiger partial charge in [0.1, 0.15) is 17.7 Å². The van der Waals surface area contributed by atoms with Crippen molar-refractivity contribution in [2.75, 3.05) is 11.9 Å². The topological polar surface area (TPSA) is 122 Å². The number of imide groups is 1. The number of anilines is 1. The minimum Gasteiger partial charge on any atom is -0.318 e. The molecule has 1 aromatic heterocycles. The van der Waals surface area contributed by atoms with E-state index in [-0.39, 0.29) is 54.6 Å². The van der Waals surface area contributed by atoms with Gasteiger partial charge in [0.15, 0.2) is 0 Å². The van der Waals surface area contributed by atoms with E-state index in [0.29, 0.717) is 31.5 Å². The summed E-state index contributed by atoms with van der Waals surface area (Å²) < 4.78 is 3.11. The first-order valence-corrected chi connectivity index (χ1v) is 13.1. The smallest absolute Gasteiger partial charge is 0.249 e. The Labute approximate surface area is 211 Å².